The maximum Gasteiger partial charge on any atom is 0.410 e. The van der Waals surface area contributed by atoms with Crippen molar-refractivity contribution in [3.63, 3.8) is 0 Å². The van der Waals surface area contributed by atoms with Crippen LogP contribution in [0, 0.1) is 0 Å². The van der Waals surface area contributed by atoms with Gasteiger partial charge in [0.25, 0.3) is 0 Å². The summed E-state index contributed by atoms with van der Waals surface area (Å²) in [7, 11) is 1.61. The Labute approximate surface area is 199 Å². The number of methoxy groups -OCH3 is 1. The van der Waals surface area contributed by atoms with Gasteiger partial charge in [0.05, 0.1) is 20.1 Å². The molecule has 0 aliphatic rings. The summed E-state index contributed by atoms with van der Waals surface area (Å²) in [5.74, 6) is 0.406. The van der Waals surface area contributed by atoms with Gasteiger partial charge >= 0.3 is 12.1 Å². The second-order valence-electron chi connectivity index (χ2n) is 8.31. The summed E-state index contributed by atoms with van der Waals surface area (Å²) >= 11 is 3.54. The molecule has 0 spiro atoms. The molecular formula is C25H32BrNO5. The molecule has 7 heteroatoms. The molecule has 0 unspecified atom stereocenters. The Kier molecular flexibility index (Phi) is 9.13. The number of esters is 1. The quantitative estimate of drug-likeness (QED) is 0.412. The summed E-state index contributed by atoms with van der Waals surface area (Å²) in [6, 6.07) is 11.6. The lowest BCUT2D eigenvalue weighted by atomic mass is 9.96. The van der Waals surface area contributed by atoms with E-state index < -0.39 is 5.60 Å². The monoisotopic (exact) mass is 505 g/mol. The van der Waals surface area contributed by atoms with Crippen LogP contribution in [0.5, 0.6) is 5.75 Å². The van der Waals surface area contributed by atoms with E-state index >= 15 is 0 Å². The fraction of sp³-hybridized carbons (Fsp3) is 0.440. The molecule has 1 amide bonds. The Bertz CT molecular complexity index is 952. The number of nitrogens with zero attached hydrogens (tertiary/aromatic N) is 1. The third-order valence-corrected chi connectivity index (χ3v) is 5.16. The average molecular weight is 506 g/mol. The van der Waals surface area contributed by atoms with Gasteiger partial charge in [0.2, 0.25) is 0 Å². The van der Waals surface area contributed by atoms with Gasteiger partial charge in [-0.1, -0.05) is 28.1 Å². The summed E-state index contributed by atoms with van der Waals surface area (Å²) in [4.78, 5) is 26.3. The van der Waals surface area contributed by atoms with Crippen molar-refractivity contribution in [2.24, 2.45) is 0 Å². The predicted octanol–water partition coefficient (Wildman–Crippen LogP) is 5.99. The normalized spacial score (nSPS) is 11.1. The van der Waals surface area contributed by atoms with E-state index in [2.05, 4.69) is 15.9 Å². The number of carbonyl (C=O) groups is 2. The second-order valence-corrected chi connectivity index (χ2v) is 9.23. The molecule has 0 aromatic heterocycles. The molecule has 0 atom stereocenters. The highest BCUT2D eigenvalue weighted by molar-refractivity contribution is 9.10. The van der Waals surface area contributed by atoms with E-state index in [0.29, 0.717) is 25.4 Å². The number of hydrogen-bond donors (Lipinski definition) is 0. The topological polar surface area (TPSA) is 65.1 Å². The Hall–Kier alpha value is -2.54. The first-order valence-corrected chi connectivity index (χ1v) is 11.5. The number of carbonyl (C=O) groups excluding carboxylic acids is 2. The number of hydrogen-bond acceptors (Lipinski definition) is 5. The highest BCUT2D eigenvalue weighted by Gasteiger charge is 2.23. The third-order valence-electron chi connectivity index (χ3n) is 4.67. The molecule has 2 aromatic carbocycles. The molecule has 6 nitrogen and oxygen atoms in total. The Morgan fingerprint density at radius 3 is 2.34 bits per heavy atom. The molecule has 32 heavy (non-hydrogen) atoms. The van der Waals surface area contributed by atoms with Crippen molar-refractivity contribution >= 4 is 28.0 Å². The van der Waals surface area contributed by atoms with Gasteiger partial charge in [-0.2, -0.15) is 0 Å². The van der Waals surface area contributed by atoms with Crippen LogP contribution in [0.15, 0.2) is 40.9 Å². The van der Waals surface area contributed by atoms with E-state index in [4.69, 9.17) is 14.2 Å². The van der Waals surface area contributed by atoms with Crippen molar-refractivity contribution in [2.45, 2.75) is 53.2 Å². The Morgan fingerprint density at radius 1 is 1.03 bits per heavy atom. The zero-order chi connectivity index (χ0) is 23.9. The molecule has 0 heterocycles. The Morgan fingerprint density at radius 2 is 1.75 bits per heavy atom. The first-order valence-electron chi connectivity index (χ1n) is 10.7. The van der Waals surface area contributed by atoms with E-state index in [1.807, 2.05) is 64.1 Å². The summed E-state index contributed by atoms with van der Waals surface area (Å²) in [5.41, 5.74) is 2.94. The van der Waals surface area contributed by atoms with Crippen LogP contribution >= 0.6 is 15.9 Å². The van der Waals surface area contributed by atoms with E-state index in [1.165, 1.54) is 0 Å². The fourth-order valence-corrected chi connectivity index (χ4v) is 3.66. The van der Waals surface area contributed by atoms with Crippen LogP contribution < -0.4 is 4.74 Å². The molecule has 174 valence electrons. The van der Waals surface area contributed by atoms with Crippen molar-refractivity contribution < 1.29 is 23.8 Å². The van der Waals surface area contributed by atoms with Crippen molar-refractivity contribution in [1.82, 2.24) is 4.90 Å². The minimum Gasteiger partial charge on any atom is -0.496 e. The smallest absolute Gasteiger partial charge is 0.410 e. The molecule has 0 aliphatic heterocycles. The fourth-order valence-electron chi connectivity index (χ4n) is 3.25. The first-order chi connectivity index (χ1) is 15.1. The molecule has 0 aliphatic carbocycles. The number of ether oxygens (including phenoxy) is 3. The summed E-state index contributed by atoms with van der Waals surface area (Å²) in [6.45, 7) is 10.5. The molecule has 0 bridgehead atoms. The maximum absolute atomic E-state index is 12.7. The van der Waals surface area contributed by atoms with Crippen LogP contribution in [0.2, 0.25) is 0 Å². The van der Waals surface area contributed by atoms with Gasteiger partial charge in [-0.05, 0) is 75.6 Å². The van der Waals surface area contributed by atoms with Gasteiger partial charge in [0, 0.05) is 23.1 Å². The summed E-state index contributed by atoms with van der Waals surface area (Å²) in [5, 5.41) is 0. The number of rotatable bonds is 8. The standard InChI is InChI=1S/C25H32BrNO5/c1-7-27(24(29)32-25(3,4)5)16-18-15-19(26)10-11-20(18)21-13-17(9-12-22(21)30-6)14-23(28)31-8-2/h9-13,15H,7-8,14,16H2,1-6H3. The molecule has 0 saturated heterocycles. The van der Waals surface area contributed by atoms with E-state index in [9.17, 15) is 9.59 Å². The van der Waals surface area contributed by atoms with E-state index in [0.717, 1.165) is 26.7 Å². The molecule has 0 fully saturated rings. The largest absolute Gasteiger partial charge is 0.496 e. The zero-order valence-corrected chi connectivity index (χ0v) is 21.2. The van der Waals surface area contributed by atoms with Crippen molar-refractivity contribution in [3.8, 4) is 16.9 Å². The minimum absolute atomic E-state index is 0.176. The molecule has 2 rings (SSSR count). The first kappa shape index (κ1) is 25.7. The average Bonchev–Trinajstić information content (AvgIpc) is 2.71. The van der Waals surface area contributed by atoms with Crippen LogP contribution in [0.4, 0.5) is 4.79 Å². The van der Waals surface area contributed by atoms with E-state index in [1.54, 1.807) is 18.9 Å². The lowest BCUT2D eigenvalue weighted by Gasteiger charge is -2.27. The number of halogens is 1. The van der Waals surface area contributed by atoms with Gasteiger partial charge in [0.15, 0.2) is 0 Å². The molecule has 0 saturated carbocycles. The van der Waals surface area contributed by atoms with Crippen molar-refractivity contribution in [1.29, 1.82) is 0 Å². The van der Waals surface area contributed by atoms with Crippen LogP contribution in [0.1, 0.15) is 45.7 Å². The summed E-state index contributed by atoms with van der Waals surface area (Å²) < 4.78 is 17.2. The predicted molar refractivity (Wildman–Crippen MR) is 129 cm³/mol. The van der Waals surface area contributed by atoms with Crippen LogP contribution in [0.3, 0.4) is 0 Å². The van der Waals surface area contributed by atoms with Crippen LogP contribution in [-0.4, -0.2) is 42.8 Å². The zero-order valence-electron chi connectivity index (χ0n) is 19.7. The lowest BCUT2D eigenvalue weighted by Crippen LogP contribution is -2.36. The lowest BCUT2D eigenvalue weighted by molar-refractivity contribution is -0.142. The van der Waals surface area contributed by atoms with Crippen LogP contribution in [0.25, 0.3) is 11.1 Å². The highest BCUT2D eigenvalue weighted by Crippen LogP contribution is 2.35. The van der Waals surface area contributed by atoms with Gasteiger partial charge in [-0.25, -0.2) is 4.79 Å². The Balaban J connectivity index is 2.46. The third kappa shape index (κ3) is 7.26. The molecule has 0 N–H and O–H groups in total. The maximum atomic E-state index is 12.7. The number of benzene rings is 2. The SMILES string of the molecule is CCOC(=O)Cc1ccc(OC)c(-c2ccc(Br)cc2CN(CC)C(=O)OC(C)(C)C)c1. The van der Waals surface area contributed by atoms with Gasteiger partial charge < -0.3 is 19.1 Å². The van der Waals surface area contributed by atoms with Gasteiger partial charge in [-0.3, -0.25) is 4.79 Å². The number of amides is 1. The van der Waals surface area contributed by atoms with E-state index in [-0.39, 0.29) is 18.5 Å². The molecular weight excluding hydrogens is 474 g/mol. The molecule has 0 radical (unpaired) electrons. The minimum atomic E-state index is -0.574. The van der Waals surface area contributed by atoms with Gasteiger partial charge in [-0.15, -0.1) is 0 Å². The second kappa shape index (κ2) is 11.4. The van der Waals surface area contributed by atoms with Crippen LogP contribution in [-0.2, 0) is 27.2 Å². The van der Waals surface area contributed by atoms with Crippen molar-refractivity contribution in [2.75, 3.05) is 20.3 Å². The van der Waals surface area contributed by atoms with Gasteiger partial charge in [0.1, 0.15) is 11.4 Å². The highest BCUT2D eigenvalue weighted by atomic mass is 79.9. The summed E-state index contributed by atoms with van der Waals surface area (Å²) in [6.07, 6.45) is -0.190. The molecule has 2 aromatic rings. The van der Waals surface area contributed by atoms with Crippen molar-refractivity contribution in [3.05, 3.63) is 52.0 Å².